The molecule has 0 aliphatic carbocycles. The molecule has 0 bridgehead atoms. The molecule has 3 rings (SSSR count). The van der Waals surface area contributed by atoms with Crippen molar-refractivity contribution in [1.29, 1.82) is 0 Å². The summed E-state index contributed by atoms with van der Waals surface area (Å²) in [7, 11) is 6.97. The second kappa shape index (κ2) is 11.9. The van der Waals surface area contributed by atoms with Crippen LogP contribution < -0.4 is 14.2 Å². The summed E-state index contributed by atoms with van der Waals surface area (Å²) in [6.07, 6.45) is 0.672. The van der Waals surface area contributed by atoms with Gasteiger partial charge < -0.3 is 29.1 Å². The Bertz CT molecular complexity index is 1110. The number of hydrogen-bond acceptors (Lipinski definition) is 7. The van der Waals surface area contributed by atoms with Crippen molar-refractivity contribution in [2.75, 3.05) is 48.0 Å². The van der Waals surface area contributed by atoms with Crippen LogP contribution in [-0.2, 0) is 9.59 Å². The average Bonchev–Trinajstić information content (AvgIpc) is 3.11. The van der Waals surface area contributed by atoms with Crippen molar-refractivity contribution in [1.82, 2.24) is 9.80 Å². The normalized spacial score (nSPS) is 17.2. The van der Waals surface area contributed by atoms with Crippen LogP contribution in [0.2, 0.25) is 0 Å². The maximum atomic E-state index is 13.2. The quantitative estimate of drug-likeness (QED) is 0.285. The predicted molar refractivity (Wildman–Crippen MR) is 139 cm³/mol. The number of rotatable bonds is 11. The molecule has 194 valence electrons. The van der Waals surface area contributed by atoms with Gasteiger partial charge in [-0.25, -0.2) is 0 Å². The van der Waals surface area contributed by atoms with Crippen LogP contribution in [0.4, 0.5) is 0 Å². The van der Waals surface area contributed by atoms with Gasteiger partial charge in [-0.1, -0.05) is 19.9 Å². The fourth-order valence-electron chi connectivity index (χ4n) is 4.16. The lowest BCUT2D eigenvalue weighted by Gasteiger charge is -2.26. The van der Waals surface area contributed by atoms with Crippen molar-refractivity contribution >= 4 is 17.4 Å². The minimum atomic E-state index is -0.760. The molecule has 0 unspecified atom stereocenters. The molecule has 2 aromatic carbocycles. The summed E-state index contributed by atoms with van der Waals surface area (Å²) < 4.78 is 16.5. The first-order valence-corrected chi connectivity index (χ1v) is 12.1. The topological polar surface area (TPSA) is 88.5 Å². The largest absolute Gasteiger partial charge is 0.507 e. The van der Waals surface area contributed by atoms with Gasteiger partial charge in [0.2, 0.25) is 0 Å². The molecule has 1 saturated heterocycles. The summed E-state index contributed by atoms with van der Waals surface area (Å²) in [5, 5.41) is 11.3. The highest BCUT2D eigenvalue weighted by molar-refractivity contribution is 6.46. The van der Waals surface area contributed by atoms with Gasteiger partial charge in [0.05, 0.1) is 32.4 Å². The van der Waals surface area contributed by atoms with Crippen LogP contribution in [-0.4, -0.2) is 74.6 Å². The van der Waals surface area contributed by atoms with E-state index in [0.717, 1.165) is 6.54 Å². The molecular formula is C28H36N2O6. The van der Waals surface area contributed by atoms with Crippen LogP contribution in [0.1, 0.15) is 37.4 Å². The Balaban J connectivity index is 2.06. The molecule has 0 aromatic heterocycles. The molecule has 1 aliphatic rings. The standard InChI is InChI=1S/C28H36N2O6/c1-18(2)17-36-21-11-8-19(9-12-21)26(31)24-25(20-10-13-22(34-5)23(16-20)35-6)30(28(33)27(24)32)15-7-14-29(3)4/h8-13,16,18,25,31H,7,14-15,17H2,1-6H3/b26-24+/t25-/m0/s1. The van der Waals surface area contributed by atoms with Gasteiger partial charge in [-0.3, -0.25) is 9.59 Å². The Morgan fingerprint density at radius 3 is 2.28 bits per heavy atom. The molecule has 8 nitrogen and oxygen atoms in total. The fraction of sp³-hybridized carbons (Fsp3) is 0.429. The highest BCUT2D eigenvalue weighted by Gasteiger charge is 2.46. The zero-order chi connectivity index (χ0) is 26.4. The predicted octanol–water partition coefficient (Wildman–Crippen LogP) is 4.11. The summed E-state index contributed by atoms with van der Waals surface area (Å²) in [5.41, 5.74) is 1.13. The summed E-state index contributed by atoms with van der Waals surface area (Å²) in [6.45, 7) is 5.81. The number of aliphatic hydroxyl groups is 1. The minimum absolute atomic E-state index is 0.0490. The van der Waals surface area contributed by atoms with E-state index in [1.165, 1.54) is 12.0 Å². The second-order valence-electron chi connectivity index (χ2n) is 9.49. The zero-order valence-corrected chi connectivity index (χ0v) is 21.9. The van der Waals surface area contributed by atoms with Gasteiger partial charge in [-0.05, 0) is 74.9 Å². The van der Waals surface area contributed by atoms with Crippen LogP contribution >= 0.6 is 0 Å². The van der Waals surface area contributed by atoms with Crippen LogP contribution in [0.25, 0.3) is 5.76 Å². The number of benzene rings is 2. The number of ketones is 1. The molecule has 0 spiro atoms. The summed E-state index contributed by atoms with van der Waals surface area (Å²) >= 11 is 0. The number of hydrogen-bond donors (Lipinski definition) is 1. The van der Waals surface area contributed by atoms with Crippen molar-refractivity contribution in [2.45, 2.75) is 26.3 Å². The highest BCUT2D eigenvalue weighted by Crippen LogP contribution is 2.42. The Kier molecular flexibility index (Phi) is 8.98. The smallest absolute Gasteiger partial charge is 0.295 e. The zero-order valence-electron chi connectivity index (χ0n) is 21.9. The third-order valence-electron chi connectivity index (χ3n) is 5.98. The van der Waals surface area contributed by atoms with E-state index in [9.17, 15) is 14.7 Å². The van der Waals surface area contributed by atoms with E-state index < -0.39 is 17.7 Å². The molecule has 1 fully saturated rings. The Morgan fingerprint density at radius 1 is 1.03 bits per heavy atom. The fourth-order valence-corrected chi connectivity index (χ4v) is 4.16. The van der Waals surface area contributed by atoms with Crippen molar-refractivity contribution in [2.24, 2.45) is 5.92 Å². The number of ether oxygens (including phenoxy) is 3. The molecule has 1 atom stereocenters. The number of nitrogens with zero attached hydrogens (tertiary/aromatic N) is 2. The number of Topliss-reactive ketones (excluding diaryl/α,β-unsaturated/α-hetero) is 1. The van der Waals surface area contributed by atoms with E-state index in [-0.39, 0.29) is 11.3 Å². The number of carbonyl (C=O) groups excluding carboxylic acids is 2. The van der Waals surface area contributed by atoms with Gasteiger partial charge in [-0.2, -0.15) is 0 Å². The molecular weight excluding hydrogens is 460 g/mol. The molecule has 1 N–H and O–H groups in total. The van der Waals surface area contributed by atoms with Crippen molar-refractivity contribution in [3.8, 4) is 17.2 Å². The SMILES string of the molecule is COc1ccc([C@H]2/C(=C(\O)c3ccc(OCC(C)C)cc3)C(=O)C(=O)N2CCCN(C)C)cc1OC. The lowest BCUT2D eigenvalue weighted by atomic mass is 9.95. The van der Waals surface area contributed by atoms with Crippen molar-refractivity contribution in [3.63, 3.8) is 0 Å². The van der Waals surface area contributed by atoms with Gasteiger partial charge in [0.15, 0.2) is 11.5 Å². The molecule has 2 aromatic rings. The molecule has 8 heteroatoms. The number of aliphatic hydroxyl groups excluding tert-OH is 1. The number of methoxy groups -OCH3 is 2. The molecule has 0 saturated carbocycles. The average molecular weight is 497 g/mol. The molecule has 1 heterocycles. The van der Waals surface area contributed by atoms with E-state index >= 15 is 0 Å². The first kappa shape index (κ1) is 27.1. The molecule has 36 heavy (non-hydrogen) atoms. The number of amides is 1. The van der Waals surface area contributed by atoms with Crippen molar-refractivity contribution < 1.29 is 28.9 Å². The van der Waals surface area contributed by atoms with E-state index in [1.54, 1.807) is 49.6 Å². The maximum Gasteiger partial charge on any atom is 0.295 e. The second-order valence-corrected chi connectivity index (χ2v) is 9.49. The lowest BCUT2D eigenvalue weighted by molar-refractivity contribution is -0.139. The van der Waals surface area contributed by atoms with Crippen LogP contribution in [0, 0.1) is 5.92 Å². The van der Waals surface area contributed by atoms with Crippen LogP contribution in [0.5, 0.6) is 17.2 Å². The van der Waals surface area contributed by atoms with E-state index in [0.29, 0.717) is 53.9 Å². The molecule has 1 amide bonds. The molecule has 1 aliphatic heterocycles. The maximum absolute atomic E-state index is 13.2. The van der Waals surface area contributed by atoms with Crippen LogP contribution in [0.3, 0.4) is 0 Å². The summed E-state index contributed by atoms with van der Waals surface area (Å²) in [5.74, 6) is 0.482. The number of carbonyl (C=O) groups is 2. The van der Waals surface area contributed by atoms with Gasteiger partial charge in [0.1, 0.15) is 11.5 Å². The Hall–Kier alpha value is -3.52. The highest BCUT2D eigenvalue weighted by atomic mass is 16.5. The Morgan fingerprint density at radius 2 is 1.69 bits per heavy atom. The van der Waals surface area contributed by atoms with Gasteiger partial charge in [0.25, 0.3) is 11.7 Å². The van der Waals surface area contributed by atoms with Gasteiger partial charge >= 0.3 is 0 Å². The summed E-state index contributed by atoms with van der Waals surface area (Å²) in [6, 6.07) is 11.4. The molecule has 0 radical (unpaired) electrons. The van der Waals surface area contributed by atoms with Gasteiger partial charge in [-0.15, -0.1) is 0 Å². The van der Waals surface area contributed by atoms with Crippen LogP contribution in [0.15, 0.2) is 48.0 Å². The Labute approximate surface area is 213 Å². The minimum Gasteiger partial charge on any atom is -0.507 e. The lowest BCUT2D eigenvalue weighted by Crippen LogP contribution is -2.32. The first-order valence-electron chi connectivity index (χ1n) is 12.1. The summed E-state index contributed by atoms with van der Waals surface area (Å²) in [4.78, 5) is 29.9. The monoisotopic (exact) mass is 496 g/mol. The van der Waals surface area contributed by atoms with E-state index in [2.05, 4.69) is 13.8 Å². The van der Waals surface area contributed by atoms with E-state index in [4.69, 9.17) is 14.2 Å². The first-order chi connectivity index (χ1) is 17.2. The number of likely N-dealkylation sites (tertiary alicyclic amines) is 1. The third-order valence-corrected chi connectivity index (χ3v) is 5.98. The third kappa shape index (κ3) is 5.99. The van der Waals surface area contributed by atoms with Gasteiger partial charge in [0, 0.05) is 12.1 Å². The van der Waals surface area contributed by atoms with E-state index in [1.807, 2.05) is 19.0 Å². The van der Waals surface area contributed by atoms with Crippen molar-refractivity contribution in [3.05, 3.63) is 59.2 Å².